The van der Waals surface area contributed by atoms with Crippen LogP contribution in [0.5, 0.6) is 34.5 Å². The van der Waals surface area contributed by atoms with Gasteiger partial charge in [0.15, 0.2) is 0 Å². The van der Waals surface area contributed by atoms with Gasteiger partial charge in [-0.2, -0.15) is 0 Å². The summed E-state index contributed by atoms with van der Waals surface area (Å²) in [6.07, 6.45) is 69.9. The molecule has 0 bridgehead atoms. The van der Waals surface area contributed by atoms with Crippen LogP contribution in [0.1, 0.15) is 339 Å². The first-order valence-corrected chi connectivity index (χ1v) is 43.1. The van der Waals surface area contributed by atoms with Gasteiger partial charge in [-0.3, -0.25) is 0 Å². The molecule has 7 aromatic rings. The fourth-order valence-electron chi connectivity index (χ4n) is 13.4. The molecule has 0 atom stereocenters. The summed E-state index contributed by atoms with van der Waals surface area (Å²) in [7, 11) is 0. The van der Waals surface area contributed by atoms with Crippen LogP contribution in [0.2, 0.25) is 0 Å². The van der Waals surface area contributed by atoms with Gasteiger partial charge in [-0.25, -0.2) is 0 Å². The molecule has 0 amide bonds. The smallest absolute Gasteiger partial charge is 0.127 e. The fourth-order valence-corrected chi connectivity index (χ4v) is 13.4. The lowest BCUT2D eigenvalue weighted by atomic mass is 10.0. The van der Waals surface area contributed by atoms with E-state index in [1.165, 1.54) is 180 Å². The Balaban J connectivity index is 1.15. The van der Waals surface area contributed by atoms with Gasteiger partial charge in [0.1, 0.15) is 34.5 Å². The average Bonchev–Trinajstić information content (AvgIpc) is 0.835. The van der Waals surface area contributed by atoms with E-state index in [4.69, 9.17) is 28.4 Å². The molecule has 6 heteroatoms. The number of hydrogen-bond acceptors (Lipinski definition) is 6. The second-order valence-electron chi connectivity index (χ2n) is 29.6. The predicted molar refractivity (Wildman–Crippen MR) is 472 cm³/mol. The zero-order valence-electron chi connectivity index (χ0n) is 67.9. The molecule has 7 aromatic carbocycles. The van der Waals surface area contributed by atoms with Gasteiger partial charge < -0.3 is 28.4 Å². The van der Waals surface area contributed by atoms with Crippen molar-refractivity contribution in [2.45, 2.75) is 273 Å². The van der Waals surface area contributed by atoms with Crippen molar-refractivity contribution in [2.24, 2.45) is 0 Å². The van der Waals surface area contributed by atoms with Crippen LogP contribution < -0.4 is 28.4 Å². The molecule has 0 radical (unpaired) electrons. The largest absolute Gasteiger partial charge is 0.493 e. The topological polar surface area (TPSA) is 55.4 Å². The quantitative estimate of drug-likeness (QED) is 0.0280. The zero-order valence-corrected chi connectivity index (χ0v) is 67.9. The molecule has 0 N–H and O–H groups in total. The van der Waals surface area contributed by atoms with Gasteiger partial charge in [0.2, 0.25) is 0 Å². The SMILES string of the molecule is CCCCCCCCOc1cc(/C=C/c2ccc(/C=C/c3cc(OCCCCCCCC)c(/C=C/c4ccc(/C=C/c5cc(OCCCCCCCC)c(/C=C/c6ccccc6)cc5OCCCCCCCC)cc4)cc3OCCCCCCCC)cc2)c(OCCCCCCCC)cc1/C=C/c1ccccc1. The molecule has 0 fully saturated rings. The van der Waals surface area contributed by atoms with E-state index in [1.807, 2.05) is 0 Å². The van der Waals surface area contributed by atoms with Crippen molar-refractivity contribution in [3.8, 4) is 34.5 Å². The maximum atomic E-state index is 6.83. The molecule has 0 saturated heterocycles. The third-order valence-corrected chi connectivity index (χ3v) is 20.2. The normalized spacial score (nSPS) is 11.8. The summed E-state index contributed by atoms with van der Waals surface area (Å²) in [5.74, 6) is 5.26. The Labute approximate surface area is 656 Å². The maximum Gasteiger partial charge on any atom is 0.127 e. The highest BCUT2D eigenvalue weighted by molar-refractivity contribution is 5.83. The number of benzene rings is 7. The van der Waals surface area contributed by atoms with Crippen LogP contribution in [0.4, 0.5) is 0 Å². The monoisotopic (exact) mass is 1460 g/mol. The Morgan fingerprint density at radius 2 is 0.315 bits per heavy atom. The van der Waals surface area contributed by atoms with E-state index >= 15 is 0 Å². The van der Waals surface area contributed by atoms with Gasteiger partial charge in [-0.15, -0.1) is 0 Å². The first-order valence-electron chi connectivity index (χ1n) is 43.1. The summed E-state index contributed by atoms with van der Waals surface area (Å²) in [6.45, 7) is 17.7. The van der Waals surface area contributed by atoms with Crippen LogP contribution >= 0.6 is 0 Å². The van der Waals surface area contributed by atoms with Crippen molar-refractivity contribution in [1.82, 2.24) is 0 Å². The van der Waals surface area contributed by atoms with E-state index in [0.29, 0.717) is 39.6 Å². The Morgan fingerprint density at radius 3 is 0.481 bits per heavy atom. The molecular weight excluding hydrogens is 1320 g/mol. The predicted octanol–water partition coefficient (Wildman–Crippen LogP) is 31.1. The van der Waals surface area contributed by atoms with Crippen LogP contribution in [0.25, 0.3) is 72.9 Å². The van der Waals surface area contributed by atoms with Crippen LogP contribution in [0.15, 0.2) is 146 Å². The minimum atomic E-state index is 0.658. The third kappa shape index (κ3) is 35.9. The first-order chi connectivity index (χ1) is 53.4. The number of hydrogen-bond donors (Lipinski definition) is 0. The van der Waals surface area contributed by atoms with Crippen molar-refractivity contribution in [3.05, 3.63) is 212 Å². The second kappa shape index (κ2) is 56.1. The summed E-state index contributed by atoms with van der Waals surface area (Å²) in [4.78, 5) is 0. The van der Waals surface area contributed by atoms with E-state index in [9.17, 15) is 0 Å². The molecule has 0 aliphatic carbocycles. The van der Waals surface area contributed by atoms with Crippen molar-refractivity contribution in [1.29, 1.82) is 0 Å². The van der Waals surface area contributed by atoms with Crippen molar-refractivity contribution in [3.63, 3.8) is 0 Å². The van der Waals surface area contributed by atoms with E-state index < -0.39 is 0 Å². The minimum absolute atomic E-state index is 0.658. The van der Waals surface area contributed by atoms with Gasteiger partial charge in [-0.1, -0.05) is 416 Å². The van der Waals surface area contributed by atoms with Gasteiger partial charge in [0.25, 0.3) is 0 Å². The van der Waals surface area contributed by atoms with Crippen LogP contribution in [-0.4, -0.2) is 39.6 Å². The van der Waals surface area contributed by atoms with Crippen LogP contribution in [-0.2, 0) is 0 Å². The van der Waals surface area contributed by atoms with E-state index in [2.05, 4.69) is 260 Å². The highest BCUT2D eigenvalue weighted by Gasteiger charge is 2.15. The van der Waals surface area contributed by atoms with Crippen LogP contribution in [0, 0.1) is 0 Å². The van der Waals surface area contributed by atoms with Gasteiger partial charge >= 0.3 is 0 Å². The summed E-state index contributed by atoms with van der Waals surface area (Å²) in [6, 6.07) is 51.9. The highest BCUT2D eigenvalue weighted by Crippen LogP contribution is 2.37. The fraction of sp³-hybridized carbons (Fsp3) is 0.471. The lowest BCUT2D eigenvalue weighted by molar-refractivity contribution is 0.295. The number of rotatable bonds is 60. The molecule has 108 heavy (non-hydrogen) atoms. The molecule has 0 saturated carbocycles. The van der Waals surface area contributed by atoms with E-state index in [0.717, 1.165) is 153 Å². The van der Waals surface area contributed by atoms with Gasteiger partial charge in [0, 0.05) is 33.4 Å². The second-order valence-corrected chi connectivity index (χ2v) is 29.6. The molecule has 0 aromatic heterocycles. The molecule has 7 rings (SSSR count). The molecule has 0 unspecified atom stereocenters. The Hall–Kier alpha value is -8.22. The molecule has 0 aliphatic heterocycles. The van der Waals surface area contributed by atoms with Gasteiger partial charge in [-0.05, 0) is 108 Å². The van der Waals surface area contributed by atoms with Crippen molar-refractivity contribution < 1.29 is 28.4 Å². The summed E-state index contributed by atoms with van der Waals surface area (Å²) in [5, 5.41) is 0. The van der Waals surface area contributed by atoms with E-state index in [1.54, 1.807) is 0 Å². The molecule has 582 valence electrons. The number of unbranched alkanes of at least 4 members (excludes halogenated alkanes) is 30. The zero-order chi connectivity index (χ0) is 75.8. The Kier molecular flexibility index (Phi) is 45.2. The van der Waals surface area contributed by atoms with Crippen molar-refractivity contribution >= 4 is 72.9 Å². The highest BCUT2D eigenvalue weighted by atomic mass is 16.5. The van der Waals surface area contributed by atoms with Gasteiger partial charge in [0.05, 0.1) is 39.6 Å². The van der Waals surface area contributed by atoms with E-state index in [-0.39, 0.29) is 0 Å². The molecular formula is C102H138O6. The Morgan fingerprint density at radius 1 is 0.167 bits per heavy atom. The summed E-state index contributed by atoms with van der Waals surface area (Å²) < 4.78 is 40.4. The summed E-state index contributed by atoms with van der Waals surface area (Å²) in [5.41, 5.74) is 12.8. The number of ether oxygens (including phenoxy) is 6. The minimum Gasteiger partial charge on any atom is -0.493 e. The first kappa shape index (κ1) is 87.0. The summed E-state index contributed by atoms with van der Waals surface area (Å²) >= 11 is 0. The molecule has 0 spiro atoms. The van der Waals surface area contributed by atoms with Crippen molar-refractivity contribution in [2.75, 3.05) is 39.6 Å². The van der Waals surface area contributed by atoms with Crippen LogP contribution in [0.3, 0.4) is 0 Å². The molecule has 0 heterocycles. The average molecular weight is 1460 g/mol. The standard InChI is InChI=1S/C102H138O6/c1-7-13-19-25-31-43-73-103-97-81-93(99(105-75-45-33-27-21-15-9-3)79-91(97)67-61-85-49-39-37-40-50-85)69-63-87-53-57-89(58-54-87)65-71-95-83-102(108-78-48-36-30-24-18-12-6)96(84-101(95)107-77-47-35-29-23-17-11-5)72-66-90-59-55-88(56-60-90)64-70-94-82-98(104-74-44-32-26-20-14-8-2)92(68-62-86-51-41-38-42-52-86)80-100(94)106-76-46-34-28-22-16-10-4/h37-42,49-72,79-84H,7-36,43-48,73-78H2,1-6H3/b67-61+,68-62+,69-63+,70-64+,71-65+,72-66+. The lowest BCUT2D eigenvalue weighted by Crippen LogP contribution is -2.03. The molecule has 6 nitrogen and oxygen atoms in total. The lowest BCUT2D eigenvalue weighted by Gasteiger charge is -2.16. The Bertz CT molecular complexity index is 3420. The maximum absolute atomic E-state index is 6.83. The molecule has 0 aliphatic rings. The third-order valence-electron chi connectivity index (χ3n) is 20.2.